The number of rotatable bonds is 5. The van der Waals surface area contributed by atoms with Gasteiger partial charge in [-0.05, 0) is 38.1 Å². The number of carbonyl (C=O) groups excluding carboxylic acids is 1. The van der Waals surface area contributed by atoms with Gasteiger partial charge in [-0.2, -0.15) is 0 Å². The van der Waals surface area contributed by atoms with Crippen LogP contribution in [0, 0.1) is 0 Å². The maximum absolute atomic E-state index is 12.5. The minimum atomic E-state index is -0.370. The van der Waals surface area contributed by atoms with Crippen LogP contribution in [0.5, 0.6) is 5.75 Å². The van der Waals surface area contributed by atoms with E-state index in [4.69, 9.17) is 9.47 Å². The third kappa shape index (κ3) is 3.38. The second-order valence-corrected chi connectivity index (χ2v) is 7.10. The zero-order valence-corrected chi connectivity index (χ0v) is 14.3. The molecule has 0 atom stereocenters. The highest BCUT2D eigenvalue weighted by Gasteiger charge is 2.34. The van der Waals surface area contributed by atoms with E-state index in [1.807, 2.05) is 38.1 Å². The van der Waals surface area contributed by atoms with Gasteiger partial charge in [-0.1, -0.05) is 0 Å². The maximum atomic E-state index is 12.5. The van der Waals surface area contributed by atoms with E-state index in [1.165, 1.54) is 11.3 Å². The Balaban J connectivity index is 1.57. The number of ether oxygens (including phenoxy) is 2. The topological polar surface area (TPSA) is 51.7 Å². The summed E-state index contributed by atoms with van der Waals surface area (Å²) in [6.07, 6.45) is 3.44. The first-order valence-corrected chi connectivity index (χ1v) is 8.32. The van der Waals surface area contributed by atoms with Crippen LogP contribution in [0.4, 0.5) is 0 Å². The molecular weight excluding hydrogens is 312 g/mol. The van der Waals surface area contributed by atoms with Crippen LogP contribution in [0.3, 0.4) is 0 Å². The first-order chi connectivity index (χ1) is 11.0. The Hall–Kier alpha value is -1.92. The van der Waals surface area contributed by atoms with Crippen molar-refractivity contribution in [1.82, 2.24) is 9.88 Å². The van der Waals surface area contributed by atoms with E-state index in [9.17, 15) is 4.79 Å². The number of aromatic nitrogens is 1. The summed E-state index contributed by atoms with van der Waals surface area (Å²) in [7, 11) is 1.68. The van der Waals surface area contributed by atoms with Crippen LogP contribution < -0.4 is 4.74 Å². The van der Waals surface area contributed by atoms with Crippen molar-refractivity contribution in [3.05, 3.63) is 46.4 Å². The second-order valence-electron chi connectivity index (χ2n) is 6.01. The zero-order chi connectivity index (χ0) is 16.4. The van der Waals surface area contributed by atoms with Crippen LogP contribution in [0.25, 0.3) is 0 Å². The van der Waals surface area contributed by atoms with Gasteiger partial charge in [0.1, 0.15) is 11.9 Å². The summed E-state index contributed by atoms with van der Waals surface area (Å²) in [4.78, 5) is 20.0. The summed E-state index contributed by atoms with van der Waals surface area (Å²) in [5, 5.41) is 0. The number of amides is 1. The molecule has 1 aliphatic heterocycles. The standard InChI is InChI=1S/C17H20N2O3S/c1-17(2,21-3)15-5-4-14(23-15)16(20)19-10-13(11-19)22-12-6-8-18-9-7-12/h4-9,13H,10-11H2,1-3H3. The van der Waals surface area contributed by atoms with Crippen molar-refractivity contribution in [3.63, 3.8) is 0 Å². The number of hydrogen-bond acceptors (Lipinski definition) is 5. The highest BCUT2D eigenvalue weighted by molar-refractivity contribution is 7.14. The lowest BCUT2D eigenvalue weighted by atomic mass is 10.1. The summed E-state index contributed by atoms with van der Waals surface area (Å²) < 4.78 is 11.3. The van der Waals surface area contributed by atoms with Gasteiger partial charge in [0, 0.05) is 24.4 Å². The molecule has 2 aromatic heterocycles. The Morgan fingerprint density at radius 2 is 1.96 bits per heavy atom. The van der Waals surface area contributed by atoms with Crippen LogP contribution >= 0.6 is 11.3 Å². The van der Waals surface area contributed by atoms with Gasteiger partial charge >= 0.3 is 0 Å². The summed E-state index contributed by atoms with van der Waals surface area (Å²) in [5.41, 5.74) is -0.370. The molecule has 0 aliphatic carbocycles. The number of likely N-dealkylation sites (tertiary alicyclic amines) is 1. The van der Waals surface area contributed by atoms with Crippen molar-refractivity contribution < 1.29 is 14.3 Å². The van der Waals surface area contributed by atoms with Gasteiger partial charge in [0.05, 0.1) is 23.6 Å². The fraction of sp³-hybridized carbons (Fsp3) is 0.412. The minimum absolute atomic E-state index is 0.0520. The Labute approximate surface area is 139 Å². The predicted octanol–water partition coefficient (Wildman–Crippen LogP) is 2.93. The average molecular weight is 332 g/mol. The lowest BCUT2D eigenvalue weighted by Gasteiger charge is -2.38. The normalized spacial score (nSPS) is 15.3. The molecule has 2 aromatic rings. The lowest BCUT2D eigenvalue weighted by Crippen LogP contribution is -2.56. The molecule has 0 radical (unpaired) electrons. The Morgan fingerprint density at radius 3 is 2.61 bits per heavy atom. The van der Waals surface area contributed by atoms with E-state index in [1.54, 1.807) is 24.4 Å². The van der Waals surface area contributed by atoms with Gasteiger partial charge in [0.15, 0.2) is 0 Å². The molecule has 5 nitrogen and oxygen atoms in total. The van der Waals surface area contributed by atoms with E-state index in [-0.39, 0.29) is 17.6 Å². The van der Waals surface area contributed by atoms with Crippen LogP contribution in [-0.2, 0) is 10.3 Å². The van der Waals surface area contributed by atoms with E-state index >= 15 is 0 Å². The molecule has 6 heteroatoms. The lowest BCUT2D eigenvalue weighted by molar-refractivity contribution is 0.0181. The number of pyridine rings is 1. The van der Waals surface area contributed by atoms with Gasteiger partial charge in [-0.25, -0.2) is 0 Å². The van der Waals surface area contributed by atoms with Crippen LogP contribution in [0.15, 0.2) is 36.7 Å². The quantitative estimate of drug-likeness (QED) is 0.845. The predicted molar refractivity (Wildman–Crippen MR) is 88.9 cm³/mol. The van der Waals surface area contributed by atoms with Gasteiger partial charge in [0.2, 0.25) is 0 Å². The fourth-order valence-corrected chi connectivity index (χ4v) is 3.38. The molecule has 0 spiro atoms. The molecule has 1 aliphatic rings. The van der Waals surface area contributed by atoms with Crippen molar-refractivity contribution in [2.75, 3.05) is 20.2 Å². The molecule has 23 heavy (non-hydrogen) atoms. The van der Waals surface area contributed by atoms with Gasteiger partial charge in [0.25, 0.3) is 5.91 Å². The maximum Gasteiger partial charge on any atom is 0.264 e. The SMILES string of the molecule is COC(C)(C)c1ccc(C(=O)N2CC(Oc3ccncc3)C2)s1. The van der Waals surface area contributed by atoms with Crippen molar-refractivity contribution in [3.8, 4) is 5.75 Å². The third-order valence-electron chi connectivity index (χ3n) is 4.01. The molecule has 1 fully saturated rings. The number of hydrogen-bond donors (Lipinski definition) is 0. The summed E-state index contributed by atoms with van der Waals surface area (Å²) >= 11 is 1.49. The largest absolute Gasteiger partial charge is 0.487 e. The Kier molecular flexibility index (Phi) is 4.37. The molecule has 0 unspecified atom stereocenters. The molecule has 0 N–H and O–H groups in total. The molecule has 3 rings (SSSR count). The number of thiophene rings is 1. The number of nitrogens with zero attached hydrogens (tertiary/aromatic N) is 2. The second kappa shape index (κ2) is 6.29. The van der Waals surface area contributed by atoms with E-state index in [0.29, 0.717) is 13.1 Å². The molecule has 122 valence electrons. The summed E-state index contributed by atoms with van der Waals surface area (Å²) in [6, 6.07) is 7.48. The van der Waals surface area contributed by atoms with Crippen LogP contribution in [-0.4, -0.2) is 42.1 Å². The first-order valence-electron chi connectivity index (χ1n) is 7.51. The van der Waals surface area contributed by atoms with Crippen molar-refractivity contribution in [2.45, 2.75) is 25.6 Å². The van der Waals surface area contributed by atoms with Gasteiger partial charge in [-0.3, -0.25) is 9.78 Å². The molecule has 1 amide bonds. The van der Waals surface area contributed by atoms with Crippen LogP contribution in [0.2, 0.25) is 0 Å². The van der Waals surface area contributed by atoms with Crippen molar-refractivity contribution in [2.24, 2.45) is 0 Å². The number of methoxy groups -OCH3 is 1. The first kappa shape index (κ1) is 16.0. The van der Waals surface area contributed by atoms with E-state index < -0.39 is 0 Å². The summed E-state index contributed by atoms with van der Waals surface area (Å²) in [6.45, 7) is 5.22. The van der Waals surface area contributed by atoms with Gasteiger partial charge in [-0.15, -0.1) is 11.3 Å². The highest BCUT2D eigenvalue weighted by atomic mass is 32.1. The molecule has 0 aromatic carbocycles. The highest BCUT2D eigenvalue weighted by Crippen LogP contribution is 2.31. The molecule has 0 saturated carbocycles. The number of carbonyl (C=O) groups is 1. The third-order valence-corrected chi connectivity index (χ3v) is 5.39. The monoisotopic (exact) mass is 332 g/mol. The van der Waals surface area contributed by atoms with E-state index in [2.05, 4.69) is 4.98 Å². The molecule has 0 bridgehead atoms. The van der Waals surface area contributed by atoms with Crippen LogP contribution in [0.1, 0.15) is 28.4 Å². The van der Waals surface area contributed by atoms with E-state index in [0.717, 1.165) is 15.5 Å². The Morgan fingerprint density at radius 1 is 1.26 bits per heavy atom. The zero-order valence-electron chi connectivity index (χ0n) is 13.5. The Bertz CT molecular complexity index is 678. The molecule has 1 saturated heterocycles. The molecular formula is C17H20N2O3S. The van der Waals surface area contributed by atoms with Crippen molar-refractivity contribution >= 4 is 17.2 Å². The smallest absolute Gasteiger partial charge is 0.264 e. The minimum Gasteiger partial charge on any atom is -0.487 e. The fourth-order valence-electron chi connectivity index (χ4n) is 2.32. The summed E-state index contributed by atoms with van der Waals surface area (Å²) in [5.74, 6) is 0.847. The van der Waals surface area contributed by atoms with Crippen molar-refractivity contribution in [1.29, 1.82) is 0 Å². The molecule has 3 heterocycles. The average Bonchev–Trinajstić information content (AvgIpc) is 3.01. The van der Waals surface area contributed by atoms with Gasteiger partial charge < -0.3 is 14.4 Å².